The number of ketones is 1. The van der Waals surface area contributed by atoms with E-state index in [0.717, 1.165) is 27.8 Å². The van der Waals surface area contributed by atoms with Crippen LogP contribution in [0.5, 0.6) is 0 Å². The molecule has 1 fully saturated rings. The summed E-state index contributed by atoms with van der Waals surface area (Å²) in [6.45, 7) is 7.73. The fraction of sp³-hybridized carbons (Fsp3) is 0.185. The van der Waals surface area contributed by atoms with Crippen LogP contribution < -0.4 is 4.90 Å². The molecule has 1 heterocycles. The van der Waals surface area contributed by atoms with E-state index in [0.29, 0.717) is 11.3 Å². The number of Topliss-reactive ketones (excluding diaryl/α,β-unsaturated/α-hetero) is 1. The van der Waals surface area contributed by atoms with Crippen LogP contribution in [0, 0.1) is 27.7 Å². The van der Waals surface area contributed by atoms with Gasteiger partial charge >= 0.3 is 0 Å². The molecule has 4 heteroatoms. The number of aliphatic hydroxyl groups excluding tert-OH is 1. The third kappa shape index (κ3) is 3.55. The zero-order valence-corrected chi connectivity index (χ0v) is 18.1. The lowest BCUT2D eigenvalue weighted by Gasteiger charge is -2.27. The smallest absolute Gasteiger partial charge is 0.300 e. The molecule has 0 saturated carbocycles. The van der Waals surface area contributed by atoms with Crippen LogP contribution in [0.1, 0.15) is 39.4 Å². The number of rotatable bonds is 3. The molecule has 4 rings (SSSR count). The second-order valence-electron chi connectivity index (χ2n) is 8.18. The molecule has 1 saturated heterocycles. The molecule has 31 heavy (non-hydrogen) atoms. The summed E-state index contributed by atoms with van der Waals surface area (Å²) in [4.78, 5) is 28.0. The standard InChI is InChI=1S/C27H25NO3/c1-16-10-13-20(14-11-16)28-24(21-8-6-5-7-18(21)3)23(26(30)27(28)31)25(29)22-15-17(2)9-12-19(22)4/h5-15,24,29H,1-4H3/b25-23+. The molecule has 1 amide bonds. The minimum absolute atomic E-state index is 0.119. The zero-order chi connectivity index (χ0) is 22.3. The maximum Gasteiger partial charge on any atom is 0.300 e. The number of aliphatic hydroxyl groups is 1. The van der Waals surface area contributed by atoms with E-state index >= 15 is 0 Å². The van der Waals surface area contributed by atoms with E-state index in [2.05, 4.69) is 0 Å². The molecule has 3 aromatic carbocycles. The van der Waals surface area contributed by atoms with Crippen LogP contribution in [-0.4, -0.2) is 16.8 Å². The van der Waals surface area contributed by atoms with E-state index in [4.69, 9.17) is 0 Å². The first-order chi connectivity index (χ1) is 14.8. The molecule has 0 bridgehead atoms. The molecule has 1 aliphatic rings. The Bertz CT molecular complexity index is 1220. The van der Waals surface area contributed by atoms with E-state index in [-0.39, 0.29) is 11.3 Å². The predicted octanol–water partition coefficient (Wildman–Crippen LogP) is 5.55. The van der Waals surface area contributed by atoms with Crippen molar-refractivity contribution in [1.82, 2.24) is 0 Å². The molecule has 4 nitrogen and oxygen atoms in total. The fourth-order valence-electron chi connectivity index (χ4n) is 4.13. The minimum Gasteiger partial charge on any atom is -0.507 e. The van der Waals surface area contributed by atoms with Gasteiger partial charge < -0.3 is 5.11 Å². The van der Waals surface area contributed by atoms with Crippen molar-refractivity contribution in [3.63, 3.8) is 0 Å². The normalized spacial score (nSPS) is 17.9. The Hall–Kier alpha value is -3.66. The monoisotopic (exact) mass is 411 g/mol. The minimum atomic E-state index is -0.705. The van der Waals surface area contributed by atoms with Gasteiger partial charge in [-0.2, -0.15) is 0 Å². The first-order valence-corrected chi connectivity index (χ1v) is 10.3. The topological polar surface area (TPSA) is 57.6 Å². The van der Waals surface area contributed by atoms with Gasteiger partial charge in [-0.3, -0.25) is 14.5 Å². The maximum atomic E-state index is 13.3. The lowest BCUT2D eigenvalue weighted by Crippen LogP contribution is -2.29. The van der Waals surface area contributed by atoms with Crippen LogP contribution in [0.3, 0.4) is 0 Å². The molecule has 1 unspecified atom stereocenters. The summed E-state index contributed by atoms with van der Waals surface area (Å²) < 4.78 is 0. The Kier molecular flexibility index (Phi) is 5.24. The molecular weight excluding hydrogens is 386 g/mol. The summed E-state index contributed by atoms with van der Waals surface area (Å²) in [5.41, 5.74) is 5.94. The highest BCUT2D eigenvalue weighted by Crippen LogP contribution is 2.43. The second kappa shape index (κ2) is 7.88. The largest absolute Gasteiger partial charge is 0.507 e. The Morgan fingerprint density at radius 1 is 0.806 bits per heavy atom. The van der Waals surface area contributed by atoms with Crippen molar-refractivity contribution in [2.45, 2.75) is 33.7 Å². The molecular formula is C27H25NO3. The van der Waals surface area contributed by atoms with Crippen molar-refractivity contribution in [3.8, 4) is 0 Å². The van der Waals surface area contributed by atoms with E-state index in [1.54, 1.807) is 0 Å². The predicted molar refractivity (Wildman–Crippen MR) is 123 cm³/mol. The van der Waals surface area contributed by atoms with Gasteiger partial charge in [0.1, 0.15) is 5.76 Å². The highest BCUT2D eigenvalue weighted by Gasteiger charge is 2.47. The van der Waals surface area contributed by atoms with Crippen LogP contribution in [-0.2, 0) is 9.59 Å². The van der Waals surface area contributed by atoms with Crippen LogP contribution >= 0.6 is 0 Å². The van der Waals surface area contributed by atoms with Crippen molar-refractivity contribution in [2.24, 2.45) is 0 Å². The van der Waals surface area contributed by atoms with Gasteiger partial charge in [0, 0.05) is 11.3 Å². The van der Waals surface area contributed by atoms with Crippen LogP contribution in [0.2, 0.25) is 0 Å². The van der Waals surface area contributed by atoms with Crippen molar-refractivity contribution in [1.29, 1.82) is 0 Å². The first-order valence-electron chi connectivity index (χ1n) is 10.3. The van der Waals surface area contributed by atoms with E-state index in [9.17, 15) is 14.7 Å². The van der Waals surface area contributed by atoms with E-state index in [1.165, 1.54) is 4.90 Å². The third-order valence-corrected chi connectivity index (χ3v) is 5.89. The summed E-state index contributed by atoms with van der Waals surface area (Å²) in [5.74, 6) is -1.45. The fourth-order valence-corrected chi connectivity index (χ4v) is 4.13. The number of nitrogens with zero attached hydrogens (tertiary/aromatic N) is 1. The molecule has 0 aromatic heterocycles. The van der Waals surface area contributed by atoms with E-state index in [1.807, 2.05) is 94.4 Å². The summed E-state index contributed by atoms with van der Waals surface area (Å²) >= 11 is 0. The number of carbonyl (C=O) groups is 2. The summed E-state index contributed by atoms with van der Waals surface area (Å²) in [6, 6.07) is 20.2. The molecule has 0 radical (unpaired) electrons. The van der Waals surface area contributed by atoms with Gasteiger partial charge in [0.2, 0.25) is 0 Å². The third-order valence-electron chi connectivity index (χ3n) is 5.89. The van der Waals surface area contributed by atoms with Crippen molar-refractivity contribution >= 4 is 23.1 Å². The Morgan fingerprint density at radius 3 is 2.13 bits per heavy atom. The molecule has 0 aliphatic carbocycles. The number of aryl methyl sites for hydroxylation is 4. The Labute approximate surface area is 182 Å². The lowest BCUT2D eigenvalue weighted by molar-refractivity contribution is -0.132. The highest BCUT2D eigenvalue weighted by atomic mass is 16.3. The summed E-state index contributed by atoms with van der Waals surface area (Å²) in [6.07, 6.45) is 0. The maximum absolute atomic E-state index is 13.3. The van der Waals surface area contributed by atoms with Gasteiger partial charge in [0.15, 0.2) is 0 Å². The number of hydrogen-bond donors (Lipinski definition) is 1. The van der Waals surface area contributed by atoms with Crippen LogP contribution in [0.25, 0.3) is 5.76 Å². The van der Waals surface area contributed by atoms with Crippen molar-refractivity contribution < 1.29 is 14.7 Å². The molecule has 156 valence electrons. The average molecular weight is 412 g/mol. The average Bonchev–Trinajstić information content (AvgIpc) is 3.01. The first kappa shape index (κ1) is 20.6. The summed E-state index contributed by atoms with van der Waals surface area (Å²) in [7, 11) is 0. The number of anilines is 1. The number of benzene rings is 3. The SMILES string of the molecule is Cc1ccc(N2C(=O)C(=O)/C(=C(/O)c3cc(C)ccc3C)C2c2ccccc2C)cc1. The van der Waals surface area contributed by atoms with Gasteiger partial charge in [0.25, 0.3) is 11.7 Å². The summed E-state index contributed by atoms with van der Waals surface area (Å²) in [5, 5.41) is 11.3. The van der Waals surface area contributed by atoms with Crippen molar-refractivity contribution in [2.75, 3.05) is 4.90 Å². The molecule has 3 aromatic rings. The zero-order valence-electron chi connectivity index (χ0n) is 18.1. The lowest BCUT2D eigenvalue weighted by atomic mass is 9.91. The Balaban J connectivity index is 2.00. The molecule has 1 N–H and O–H groups in total. The molecule has 1 aliphatic heterocycles. The number of hydrogen-bond acceptors (Lipinski definition) is 3. The van der Waals surface area contributed by atoms with Gasteiger partial charge in [-0.15, -0.1) is 0 Å². The van der Waals surface area contributed by atoms with Gasteiger partial charge in [0.05, 0.1) is 11.6 Å². The van der Waals surface area contributed by atoms with Crippen molar-refractivity contribution in [3.05, 3.63) is 106 Å². The second-order valence-corrected chi connectivity index (χ2v) is 8.18. The van der Waals surface area contributed by atoms with Crippen LogP contribution in [0.15, 0.2) is 72.3 Å². The quantitative estimate of drug-likeness (QED) is 0.349. The number of carbonyl (C=O) groups excluding carboxylic acids is 2. The van der Waals surface area contributed by atoms with E-state index < -0.39 is 17.7 Å². The molecule has 0 spiro atoms. The highest BCUT2D eigenvalue weighted by molar-refractivity contribution is 6.51. The van der Waals surface area contributed by atoms with Gasteiger partial charge in [-0.05, 0) is 62.6 Å². The van der Waals surface area contributed by atoms with Gasteiger partial charge in [-0.1, -0.05) is 59.7 Å². The van der Waals surface area contributed by atoms with Crippen LogP contribution in [0.4, 0.5) is 5.69 Å². The van der Waals surface area contributed by atoms with Gasteiger partial charge in [-0.25, -0.2) is 0 Å². The molecule has 1 atom stereocenters. The Morgan fingerprint density at radius 2 is 1.45 bits per heavy atom. The number of amides is 1.